The second kappa shape index (κ2) is 3.59. The van der Waals surface area contributed by atoms with Crippen molar-refractivity contribution in [2.75, 3.05) is 7.05 Å². The van der Waals surface area contributed by atoms with Gasteiger partial charge in [0, 0.05) is 37.8 Å². The summed E-state index contributed by atoms with van der Waals surface area (Å²) in [5, 5.41) is 4.37. The summed E-state index contributed by atoms with van der Waals surface area (Å²) in [5.74, 6) is 0.111. The number of hydrogen-bond donors (Lipinski definition) is 1. The first kappa shape index (κ1) is 11.1. The summed E-state index contributed by atoms with van der Waals surface area (Å²) in [4.78, 5) is 13.4. The van der Waals surface area contributed by atoms with Gasteiger partial charge in [0.1, 0.15) is 0 Å². The van der Waals surface area contributed by atoms with Crippen LogP contribution in [0.2, 0.25) is 0 Å². The minimum absolute atomic E-state index is 0.0267. The topological polar surface area (TPSA) is 64.2 Å². The summed E-state index contributed by atoms with van der Waals surface area (Å²) in [6.45, 7) is 3.98. The summed E-state index contributed by atoms with van der Waals surface area (Å²) in [7, 11) is 3.72. The Morgan fingerprint density at radius 3 is 2.38 bits per heavy atom. The number of amides is 1. The summed E-state index contributed by atoms with van der Waals surface area (Å²) < 4.78 is 1.84. The van der Waals surface area contributed by atoms with Gasteiger partial charge in [-0.2, -0.15) is 5.10 Å². The van der Waals surface area contributed by atoms with E-state index in [1.165, 1.54) is 0 Å². The average Bonchev–Trinajstić information content (AvgIpc) is 2.57. The van der Waals surface area contributed by atoms with Crippen molar-refractivity contribution >= 4 is 5.91 Å². The number of likely N-dealkylation sites (tertiary alicyclic amines) is 1. The number of aromatic nitrogens is 2. The van der Waals surface area contributed by atoms with Crippen LogP contribution < -0.4 is 5.73 Å². The third-order valence-corrected chi connectivity index (χ3v) is 3.49. The maximum Gasteiger partial charge on any atom is 0.224 e. The van der Waals surface area contributed by atoms with E-state index in [-0.39, 0.29) is 18.0 Å². The van der Waals surface area contributed by atoms with E-state index in [2.05, 4.69) is 5.10 Å². The molecule has 0 bridgehead atoms. The number of nitrogens with two attached hydrogens (primary N) is 1. The Labute approximate surface area is 95.2 Å². The van der Waals surface area contributed by atoms with E-state index in [4.69, 9.17) is 5.73 Å². The number of rotatable bonds is 1. The van der Waals surface area contributed by atoms with Gasteiger partial charge in [-0.25, -0.2) is 0 Å². The van der Waals surface area contributed by atoms with Gasteiger partial charge in [-0.15, -0.1) is 0 Å². The molecule has 2 rings (SSSR count). The Hall–Kier alpha value is -1.36. The smallest absolute Gasteiger partial charge is 0.224 e. The highest BCUT2D eigenvalue weighted by Crippen LogP contribution is 2.33. The molecule has 2 atom stereocenters. The van der Waals surface area contributed by atoms with Crippen molar-refractivity contribution in [1.82, 2.24) is 14.7 Å². The van der Waals surface area contributed by atoms with E-state index >= 15 is 0 Å². The third kappa shape index (κ3) is 1.43. The van der Waals surface area contributed by atoms with Crippen LogP contribution in [-0.4, -0.2) is 33.7 Å². The van der Waals surface area contributed by atoms with Crippen LogP contribution in [0.3, 0.4) is 0 Å². The van der Waals surface area contributed by atoms with Crippen LogP contribution >= 0.6 is 0 Å². The molecule has 1 aliphatic heterocycles. The minimum atomic E-state index is -0.126. The maximum absolute atomic E-state index is 11.6. The standard InChI is InChI=1S/C11H18N4O/c1-6-10(7(2)15(4)13-6)11-8(12)5-9(16)14(11)3/h8,11H,5,12H2,1-4H3/t8-,11-/m1/s1. The van der Waals surface area contributed by atoms with Crippen molar-refractivity contribution in [2.45, 2.75) is 32.4 Å². The van der Waals surface area contributed by atoms with Gasteiger partial charge in [0.05, 0.1) is 11.7 Å². The first-order chi connectivity index (χ1) is 7.43. The highest BCUT2D eigenvalue weighted by molar-refractivity contribution is 5.80. The molecule has 1 saturated heterocycles. The van der Waals surface area contributed by atoms with Gasteiger partial charge in [0.15, 0.2) is 0 Å². The van der Waals surface area contributed by atoms with Gasteiger partial charge < -0.3 is 10.6 Å². The van der Waals surface area contributed by atoms with Crippen LogP contribution in [0, 0.1) is 13.8 Å². The van der Waals surface area contributed by atoms with Gasteiger partial charge in [-0.1, -0.05) is 0 Å². The first-order valence-electron chi connectivity index (χ1n) is 5.44. The monoisotopic (exact) mass is 222 g/mol. The molecule has 0 aliphatic carbocycles. The van der Waals surface area contributed by atoms with E-state index < -0.39 is 0 Å². The highest BCUT2D eigenvalue weighted by Gasteiger charge is 2.38. The van der Waals surface area contributed by atoms with Crippen LogP contribution in [0.25, 0.3) is 0 Å². The largest absolute Gasteiger partial charge is 0.337 e. The van der Waals surface area contributed by atoms with Crippen molar-refractivity contribution in [3.8, 4) is 0 Å². The number of nitrogens with zero attached hydrogens (tertiary/aromatic N) is 3. The Kier molecular flexibility index (Phi) is 2.50. The molecule has 1 fully saturated rings. The molecule has 1 aromatic rings. The molecular formula is C11H18N4O. The lowest BCUT2D eigenvalue weighted by molar-refractivity contribution is -0.127. The summed E-state index contributed by atoms with van der Waals surface area (Å²) in [6, 6.07) is -0.153. The molecule has 16 heavy (non-hydrogen) atoms. The molecule has 1 aromatic heterocycles. The second-order valence-electron chi connectivity index (χ2n) is 4.53. The van der Waals surface area contributed by atoms with Crippen molar-refractivity contribution < 1.29 is 4.79 Å². The van der Waals surface area contributed by atoms with E-state index in [1.807, 2.05) is 32.6 Å². The first-order valence-corrected chi connectivity index (χ1v) is 5.44. The lowest BCUT2D eigenvalue weighted by atomic mass is 9.99. The number of aryl methyl sites for hydroxylation is 2. The van der Waals surface area contributed by atoms with Crippen LogP contribution in [0.1, 0.15) is 29.4 Å². The van der Waals surface area contributed by atoms with Gasteiger partial charge in [0.2, 0.25) is 5.91 Å². The molecule has 5 heteroatoms. The summed E-state index contributed by atoms with van der Waals surface area (Å²) in [5.41, 5.74) is 9.18. The van der Waals surface area contributed by atoms with E-state index in [9.17, 15) is 4.79 Å². The number of likely N-dealkylation sites (N-methyl/N-ethyl adjacent to an activating group) is 1. The van der Waals surface area contributed by atoms with Crippen LogP contribution in [0.15, 0.2) is 0 Å². The van der Waals surface area contributed by atoms with Crippen molar-refractivity contribution in [1.29, 1.82) is 0 Å². The van der Waals surface area contributed by atoms with Gasteiger partial charge in [-0.3, -0.25) is 9.48 Å². The SMILES string of the molecule is Cc1nn(C)c(C)c1[C@H]1[C@H](N)CC(=O)N1C. The van der Waals surface area contributed by atoms with Crippen LogP contribution in [-0.2, 0) is 11.8 Å². The van der Waals surface area contributed by atoms with Crippen molar-refractivity contribution in [2.24, 2.45) is 12.8 Å². The Morgan fingerprint density at radius 1 is 1.38 bits per heavy atom. The molecule has 88 valence electrons. The number of hydrogen-bond acceptors (Lipinski definition) is 3. The molecule has 0 radical (unpaired) electrons. The molecule has 0 aromatic carbocycles. The van der Waals surface area contributed by atoms with Crippen molar-refractivity contribution in [3.63, 3.8) is 0 Å². The molecule has 5 nitrogen and oxygen atoms in total. The van der Waals surface area contributed by atoms with Gasteiger partial charge >= 0.3 is 0 Å². The van der Waals surface area contributed by atoms with Gasteiger partial charge in [-0.05, 0) is 13.8 Å². The lowest BCUT2D eigenvalue weighted by Crippen LogP contribution is -2.31. The zero-order chi connectivity index (χ0) is 12.0. The molecule has 1 amide bonds. The van der Waals surface area contributed by atoms with E-state index in [0.717, 1.165) is 17.0 Å². The fourth-order valence-corrected chi connectivity index (χ4v) is 2.53. The Morgan fingerprint density at radius 2 is 2.00 bits per heavy atom. The normalized spacial score (nSPS) is 25.6. The van der Waals surface area contributed by atoms with Crippen LogP contribution in [0.5, 0.6) is 0 Å². The fraction of sp³-hybridized carbons (Fsp3) is 0.636. The lowest BCUT2D eigenvalue weighted by Gasteiger charge is -2.23. The zero-order valence-corrected chi connectivity index (χ0v) is 10.2. The third-order valence-electron chi connectivity index (χ3n) is 3.49. The van der Waals surface area contributed by atoms with Crippen LogP contribution in [0.4, 0.5) is 0 Å². The second-order valence-corrected chi connectivity index (χ2v) is 4.53. The number of carbonyl (C=O) groups is 1. The highest BCUT2D eigenvalue weighted by atomic mass is 16.2. The Balaban J connectivity index is 2.48. The van der Waals surface area contributed by atoms with E-state index in [0.29, 0.717) is 6.42 Å². The summed E-state index contributed by atoms with van der Waals surface area (Å²) in [6.07, 6.45) is 0.426. The molecule has 2 heterocycles. The Bertz CT molecular complexity index is 437. The quantitative estimate of drug-likeness (QED) is 0.741. The molecule has 0 saturated carbocycles. The fourth-order valence-electron chi connectivity index (χ4n) is 2.53. The minimum Gasteiger partial charge on any atom is -0.337 e. The predicted molar refractivity (Wildman–Crippen MR) is 60.8 cm³/mol. The van der Waals surface area contributed by atoms with E-state index in [1.54, 1.807) is 4.90 Å². The van der Waals surface area contributed by atoms with Gasteiger partial charge in [0.25, 0.3) is 0 Å². The molecule has 0 spiro atoms. The zero-order valence-electron chi connectivity index (χ0n) is 10.2. The molecule has 2 N–H and O–H groups in total. The number of carbonyl (C=O) groups excluding carboxylic acids is 1. The molecular weight excluding hydrogens is 204 g/mol. The average molecular weight is 222 g/mol. The molecule has 0 unspecified atom stereocenters. The predicted octanol–water partition coefficient (Wildman–Crippen LogP) is 0.267. The maximum atomic E-state index is 11.6. The molecule has 1 aliphatic rings. The summed E-state index contributed by atoms with van der Waals surface area (Å²) >= 11 is 0. The van der Waals surface area contributed by atoms with Crippen molar-refractivity contribution in [3.05, 3.63) is 17.0 Å².